The van der Waals surface area contributed by atoms with Crippen molar-refractivity contribution < 1.29 is 14.6 Å². The summed E-state index contributed by atoms with van der Waals surface area (Å²) in [6, 6.07) is 16.1. The van der Waals surface area contributed by atoms with Gasteiger partial charge < -0.3 is 9.84 Å². The van der Waals surface area contributed by atoms with Gasteiger partial charge >= 0.3 is 5.97 Å². The summed E-state index contributed by atoms with van der Waals surface area (Å²) >= 11 is 1.61. The van der Waals surface area contributed by atoms with Crippen molar-refractivity contribution in [2.75, 3.05) is 6.61 Å². The standard InChI is InChI=1S/C25H29NO3S/c1-2-3-4-5-6-17-29-22-14-12-20(13-15-22)23-18-30-25(26-23)21-10-7-19(8-11-21)9-16-24(27)28/h7-8,10-15,18H,2-6,9,16-17H2,1H3,(H,27,28). The van der Waals surface area contributed by atoms with Gasteiger partial charge in [-0.2, -0.15) is 0 Å². The van der Waals surface area contributed by atoms with Gasteiger partial charge in [0.05, 0.1) is 12.3 Å². The maximum absolute atomic E-state index is 10.7. The van der Waals surface area contributed by atoms with Crippen molar-refractivity contribution in [3.63, 3.8) is 0 Å². The van der Waals surface area contributed by atoms with E-state index in [1.54, 1.807) is 11.3 Å². The van der Waals surface area contributed by atoms with Gasteiger partial charge in [0.15, 0.2) is 0 Å². The van der Waals surface area contributed by atoms with Crippen LogP contribution in [0.25, 0.3) is 21.8 Å². The van der Waals surface area contributed by atoms with E-state index in [0.717, 1.165) is 46.2 Å². The topological polar surface area (TPSA) is 59.4 Å². The van der Waals surface area contributed by atoms with E-state index in [1.165, 1.54) is 25.7 Å². The number of rotatable bonds is 12. The van der Waals surface area contributed by atoms with E-state index < -0.39 is 5.97 Å². The molecule has 0 bridgehead atoms. The molecule has 0 unspecified atom stereocenters. The smallest absolute Gasteiger partial charge is 0.303 e. The fraction of sp³-hybridized carbons (Fsp3) is 0.360. The van der Waals surface area contributed by atoms with Crippen LogP contribution in [-0.2, 0) is 11.2 Å². The number of thiazole rings is 1. The van der Waals surface area contributed by atoms with Crippen LogP contribution in [0.2, 0.25) is 0 Å². The van der Waals surface area contributed by atoms with Crippen molar-refractivity contribution in [1.29, 1.82) is 0 Å². The first kappa shape index (κ1) is 22.0. The Morgan fingerprint density at radius 1 is 0.967 bits per heavy atom. The van der Waals surface area contributed by atoms with E-state index in [0.29, 0.717) is 6.42 Å². The fourth-order valence-electron chi connectivity index (χ4n) is 3.22. The fourth-order valence-corrected chi connectivity index (χ4v) is 4.06. The Kier molecular flexibility index (Phi) is 8.45. The number of ether oxygens (including phenoxy) is 1. The summed E-state index contributed by atoms with van der Waals surface area (Å²) in [5.41, 5.74) is 4.11. The summed E-state index contributed by atoms with van der Waals surface area (Å²) in [6.07, 6.45) is 6.89. The molecule has 2 aromatic carbocycles. The Balaban J connectivity index is 1.54. The predicted molar refractivity (Wildman–Crippen MR) is 123 cm³/mol. The number of aromatic nitrogens is 1. The summed E-state index contributed by atoms with van der Waals surface area (Å²) in [5.74, 6) is 0.133. The van der Waals surface area contributed by atoms with Crippen molar-refractivity contribution in [2.45, 2.75) is 51.9 Å². The molecule has 1 aromatic heterocycles. The molecular weight excluding hydrogens is 394 g/mol. The van der Waals surface area contributed by atoms with Crippen LogP contribution in [0.4, 0.5) is 0 Å². The zero-order valence-corrected chi connectivity index (χ0v) is 18.3. The maximum Gasteiger partial charge on any atom is 0.303 e. The monoisotopic (exact) mass is 423 g/mol. The molecule has 5 heteroatoms. The first-order valence-electron chi connectivity index (χ1n) is 10.7. The van der Waals surface area contributed by atoms with Crippen LogP contribution >= 0.6 is 11.3 Å². The normalized spacial score (nSPS) is 10.8. The second-order valence-corrected chi connectivity index (χ2v) is 8.27. The number of hydrogen-bond donors (Lipinski definition) is 1. The Bertz CT molecular complexity index is 916. The van der Waals surface area contributed by atoms with Crippen molar-refractivity contribution >= 4 is 17.3 Å². The minimum atomic E-state index is -0.771. The number of hydrogen-bond acceptors (Lipinski definition) is 4. The second-order valence-electron chi connectivity index (χ2n) is 7.42. The Morgan fingerprint density at radius 2 is 1.67 bits per heavy atom. The van der Waals surface area contributed by atoms with Crippen molar-refractivity contribution in [2.24, 2.45) is 0 Å². The van der Waals surface area contributed by atoms with Crippen LogP contribution in [0, 0.1) is 0 Å². The summed E-state index contributed by atoms with van der Waals surface area (Å²) in [5, 5.41) is 11.8. The SMILES string of the molecule is CCCCCCCOc1ccc(-c2csc(-c3ccc(CCC(=O)O)cc3)n2)cc1. The van der Waals surface area contributed by atoms with Gasteiger partial charge in [0.2, 0.25) is 0 Å². The third-order valence-corrected chi connectivity index (χ3v) is 5.89. The number of carbonyl (C=O) groups is 1. The van der Waals surface area contributed by atoms with E-state index in [-0.39, 0.29) is 6.42 Å². The van der Waals surface area contributed by atoms with Crippen molar-refractivity contribution in [1.82, 2.24) is 4.98 Å². The molecule has 158 valence electrons. The number of aryl methyl sites for hydroxylation is 1. The first-order valence-corrected chi connectivity index (χ1v) is 11.5. The quantitative estimate of drug-likeness (QED) is 0.324. The van der Waals surface area contributed by atoms with Crippen LogP contribution in [0.15, 0.2) is 53.9 Å². The highest BCUT2D eigenvalue weighted by atomic mass is 32.1. The Labute approximate surface area is 182 Å². The molecular formula is C25H29NO3S. The van der Waals surface area contributed by atoms with Crippen LogP contribution < -0.4 is 4.74 Å². The van der Waals surface area contributed by atoms with Crippen LogP contribution in [0.5, 0.6) is 5.75 Å². The minimum Gasteiger partial charge on any atom is -0.494 e. The molecule has 3 aromatic rings. The predicted octanol–water partition coefficient (Wildman–Crippen LogP) is 6.84. The Hall–Kier alpha value is -2.66. The zero-order chi connectivity index (χ0) is 21.2. The van der Waals surface area contributed by atoms with Crippen LogP contribution in [-0.4, -0.2) is 22.7 Å². The number of carboxylic acids is 1. The molecule has 1 N–H and O–H groups in total. The first-order chi connectivity index (χ1) is 14.7. The zero-order valence-electron chi connectivity index (χ0n) is 17.5. The summed E-state index contributed by atoms with van der Waals surface area (Å²) < 4.78 is 5.84. The molecule has 30 heavy (non-hydrogen) atoms. The molecule has 0 saturated carbocycles. The van der Waals surface area contributed by atoms with E-state index in [2.05, 4.69) is 24.4 Å². The van der Waals surface area contributed by atoms with Gasteiger partial charge in [-0.15, -0.1) is 11.3 Å². The number of carboxylic acid groups (broad SMARTS) is 1. The van der Waals surface area contributed by atoms with Crippen LogP contribution in [0.1, 0.15) is 51.0 Å². The van der Waals surface area contributed by atoms with E-state index >= 15 is 0 Å². The number of nitrogens with zero attached hydrogens (tertiary/aromatic N) is 1. The van der Waals surface area contributed by atoms with Gasteiger partial charge in [-0.25, -0.2) is 4.98 Å². The van der Waals surface area contributed by atoms with Gasteiger partial charge in [-0.05, 0) is 42.7 Å². The van der Waals surface area contributed by atoms with Gasteiger partial charge in [0.25, 0.3) is 0 Å². The highest BCUT2D eigenvalue weighted by molar-refractivity contribution is 7.13. The third-order valence-electron chi connectivity index (χ3n) is 5.00. The van der Waals surface area contributed by atoms with E-state index in [9.17, 15) is 4.79 Å². The molecule has 0 radical (unpaired) electrons. The van der Waals surface area contributed by atoms with Gasteiger partial charge in [0.1, 0.15) is 10.8 Å². The average molecular weight is 424 g/mol. The number of unbranched alkanes of at least 4 members (excludes halogenated alkanes) is 4. The number of benzene rings is 2. The highest BCUT2D eigenvalue weighted by Crippen LogP contribution is 2.30. The minimum absolute atomic E-state index is 0.152. The van der Waals surface area contributed by atoms with Crippen LogP contribution in [0.3, 0.4) is 0 Å². The second kappa shape index (κ2) is 11.5. The average Bonchev–Trinajstić information content (AvgIpc) is 3.26. The lowest BCUT2D eigenvalue weighted by Crippen LogP contribution is -1.97. The molecule has 4 nitrogen and oxygen atoms in total. The Morgan fingerprint density at radius 3 is 2.37 bits per heavy atom. The molecule has 0 fully saturated rings. The highest BCUT2D eigenvalue weighted by Gasteiger charge is 2.08. The largest absolute Gasteiger partial charge is 0.494 e. The molecule has 0 saturated heterocycles. The molecule has 0 aliphatic carbocycles. The lowest BCUT2D eigenvalue weighted by molar-refractivity contribution is -0.136. The summed E-state index contributed by atoms with van der Waals surface area (Å²) in [6.45, 7) is 3.00. The molecule has 3 rings (SSSR count). The lowest BCUT2D eigenvalue weighted by Gasteiger charge is -2.06. The number of aliphatic carboxylic acids is 1. The molecule has 0 aliphatic heterocycles. The molecule has 0 aliphatic rings. The van der Waals surface area contributed by atoms with Crippen molar-refractivity contribution in [3.05, 3.63) is 59.5 Å². The molecule has 1 heterocycles. The van der Waals surface area contributed by atoms with Crippen molar-refractivity contribution in [3.8, 4) is 27.6 Å². The third kappa shape index (κ3) is 6.70. The summed E-state index contributed by atoms with van der Waals surface area (Å²) in [4.78, 5) is 15.5. The molecule has 0 spiro atoms. The van der Waals surface area contributed by atoms with Gasteiger partial charge in [-0.3, -0.25) is 4.79 Å². The maximum atomic E-state index is 10.7. The van der Waals surface area contributed by atoms with Gasteiger partial charge in [-0.1, -0.05) is 56.9 Å². The van der Waals surface area contributed by atoms with E-state index in [1.807, 2.05) is 36.4 Å². The van der Waals surface area contributed by atoms with E-state index in [4.69, 9.17) is 14.8 Å². The van der Waals surface area contributed by atoms with Gasteiger partial charge in [0, 0.05) is 22.9 Å². The molecule has 0 atom stereocenters. The molecule has 0 amide bonds. The summed E-state index contributed by atoms with van der Waals surface area (Å²) in [7, 11) is 0. The lowest BCUT2D eigenvalue weighted by atomic mass is 10.1.